The highest BCUT2D eigenvalue weighted by Crippen LogP contribution is 2.70. The summed E-state index contributed by atoms with van der Waals surface area (Å²) in [7, 11) is 0. The van der Waals surface area contributed by atoms with Gasteiger partial charge in [0.15, 0.2) is 15.9 Å². The van der Waals surface area contributed by atoms with E-state index in [4.69, 9.17) is 0 Å². The van der Waals surface area contributed by atoms with Crippen LogP contribution < -0.4 is 0 Å². The zero-order chi connectivity index (χ0) is 25.5. The van der Waals surface area contributed by atoms with Crippen molar-refractivity contribution in [2.75, 3.05) is 5.75 Å². The molecule has 4 aliphatic carbocycles. The Balaban J connectivity index is 1.27. The first-order valence-corrected chi connectivity index (χ1v) is 14.7. The van der Waals surface area contributed by atoms with Crippen LogP contribution in [0, 0.1) is 22.7 Å². The minimum absolute atomic E-state index is 0.0335. The second-order valence-electron chi connectivity index (χ2n) is 11.7. The number of alkyl halides is 1. The molecule has 5 nitrogen and oxygen atoms in total. The number of nitrogens with zero attached hydrogens (tertiary/aromatic N) is 1. The normalized spacial score (nSPS) is 42.0. The van der Waals surface area contributed by atoms with Crippen molar-refractivity contribution in [2.45, 2.75) is 80.5 Å². The van der Waals surface area contributed by atoms with Gasteiger partial charge in [0.25, 0.3) is 0 Å². The Morgan fingerprint density at radius 2 is 1.97 bits per heavy atom. The summed E-state index contributed by atoms with van der Waals surface area (Å²) in [6, 6.07) is 7.82. The smallest absolute Gasteiger partial charge is 0.175 e. The molecule has 6 rings (SSSR count). The largest absolute Gasteiger partial charge is 0.390 e. The second-order valence-corrected chi connectivity index (χ2v) is 13.9. The third kappa shape index (κ3) is 3.17. The third-order valence-electron chi connectivity index (χ3n) is 10.3. The molecule has 0 aliphatic heterocycles. The van der Waals surface area contributed by atoms with Crippen LogP contribution >= 0.6 is 23.1 Å². The van der Waals surface area contributed by atoms with Crippen molar-refractivity contribution < 1.29 is 24.2 Å². The first kappa shape index (κ1) is 24.7. The van der Waals surface area contributed by atoms with Crippen LogP contribution in [0.5, 0.6) is 0 Å². The number of thioether (sulfide) groups is 1. The number of halogens is 1. The number of Topliss-reactive ketones (excluding diaryl/α,β-unsaturated/α-hetero) is 1. The van der Waals surface area contributed by atoms with Crippen LogP contribution in [0.4, 0.5) is 4.39 Å². The van der Waals surface area contributed by atoms with Gasteiger partial charge in [-0.2, -0.15) is 0 Å². The lowest BCUT2D eigenvalue weighted by molar-refractivity contribution is -0.225. The van der Waals surface area contributed by atoms with Crippen molar-refractivity contribution in [1.82, 2.24) is 4.98 Å². The highest BCUT2D eigenvalue weighted by molar-refractivity contribution is 8.01. The minimum Gasteiger partial charge on any atom is -0.390 e. The van der Waals surface area contributed by atoms with Crippen molar-refractivity contribution in [3.8, 4) is 0 Å². The number of carbonyl (C=O) groups excluding carboxylic acids is 2. The average molecular weight is 530 g/mol. The van der Waals surface area contributed by atoms with Gasteiger partial charge in [-0.25, -0.2) is 9.37 Å². The van der Waals surface area contributed by atoms with E-state index in [1.807, 2.05) is 38.1 Å². The van der Waals surface area contributed by atoms with Crippen LogP contribution in [-0.2, 0) is 9.59 Å². The lowest BCUT2D eigenvalue weighted by Gasteiger charge is -2.63. The number of para-hydroxylation sites is 1. The quantitative estimate of drug-likeness (QED) is 0.524. The van der Waals surface area contributed by atoms with E-state index >= 15 is 4.39 Å². The molecular formula is C28H32FNO4S2. The Labute approximate surface area is 218 Å². The van der Waals surface area contributed by atoms with Gasteiger partial charge in [-0.05, 0) is 62.7 Å². The predicted octanol–water partition coefficient (Wildman–Crippen LogP) is 5.28. The summed E-state index contributed by atoms with van der Waals surface area (Å²) in [5, 5.41) is 23.3. The molecule has 3 saturated carbocycles. The van der Waals surface area contributed by atoms with Gasteiger partial charge in [0, 0.05) is 23.2 Å². The third-order valence-corrected chi connectivity index (χ3v) is 12.4. The Kier molecular flexibility index (Phi) is 5.62. The monoisotopic (exact) mass is 529 g/mol. The predicted molar refractivity (Wildman–Crippen MR) is 139 cm³/mol. The van der Waals surface area contributed by atoms with Crippen LogP contribution in [0.25, 0.3) is 10.2 Å². The van der Waals surface area contributed by atoms with Gasteiger partial charge < -0.3 is 10.2 Å². The van der Waals surface area contributed by atoms with Gasteiger partial charge >= 0.3 is 0 Å². The summed E-state index contributed by atoms with van der Waals surface area (Å²) < 4.78 is 19.0. The van der Waals surface area contributed by atoms with Crippen LogP contribution in [0.3, 0.4) is 0 Å². The van der Waals surface area contributed by atoms with Gasteiger partial charge in [0.2, 0.25) is 0 Å². The van der Waals surface area contributed by atoms with Crippen molar-refractivity contribution in [3.63, 3.8) is 0 Å². The van der Waals surface area contributed by atoms with Gasteiger partial charge in [-0.3, -0.25) is 9.59 Å². The molecule has 0 bridgehead atoms. The fourth-order valence-corrected chi connectivity index (χ4v) is 10.2. The Bertz CT molecular complexity index is 1260. The summed E-state index contributed by atoms with van der Waals surface area (Å²) in [4.78, 5) is 30.2. The molecule has 2 aromatic rings. The fraction of sp³-hybridized carbons (Fsp3) is 0.607. The van der Waals surface area contributed by atoms with Gasteiger partial charge in [-0.15, -0.1) is 11.3 Å². The number of allylic oxidation sites excluding steroid dienone is 1. The summed E-state index contributed by atoms with van der Waals surface area (Å²) >= 11 is 2.86. The zero-order valence-electron chi connectivity index (χ0n) is 20.6. The summed E-state index contributed by atoms with van der Waals surface area (Å²) in [6.45, 7) is 3.75. The minimum atomic E-state index is -1.87. The van der Waals surface area contributed by atoms with E-state index < -0.39 is 34.1 Å². The maximum atomic E-state index is 17.2. The topological polar surface area (TPSA) is 87.5 Å². The Hall–Kier alpha value is -1.61. The molecule has 3 fully saturated rings. The number of hydrogen-bond acceptors (Lipinski definition) is 7. The van der Waals surface area contributed by atoms with Crippen LogP contribution in [0.15, 0.2) is 40.3 Å². The molecule has 2 N–H and O–H groups in total. The molecule has 0 saturated heterocycles. The van der Waals surface area contributed by atoms with Gasteiger partial charge in [0.1, 0.15) is 11.3 Å². The number of rotatable bonds is 4. The number of ketones is 2. The standard InChI is InChI=1S/C28H32FNO4S2/c1-25-11-9-17(31)13-16(25)7-8-19-18-10-12-27(34,26(18,2)14-22(32)28(19,25)29)23(33)15-35-24-30-20-5-3-4-6-21(20)36-24/h3-6,13,18-19,22,32,34H,7-12,14-15H2,1-2H3/t18-,19-,22-,25-,26-,27-,28-/m0/s1. The molecule has 0 amide bonds. The first-order valence-electron chi connectivity index (χ1n) is 12.9. The van der Waals surface area contributed by atoms with Gasteiger partial charge in [-0.1, -0.05) is 43.3 Å². The summed E-state index contributed by atoms with van der Waals surface area (Å²) in [5.41, 5.74) is -3.56. The van der Waals surface area contributed by atoms with Gasteiger partial charge in [0.05, 0.1) is 22.1 Å². The summed E-state index contributed by atoms with van der Waals surface area (Å²) in [5.74, 6) is -0.802. The first-order chi connectivity index (χ1) is 17.0. The van der Waals surface area contributed by atoms with E-state index in [0.29, 0.717) is 32.1 Å². The van der Waals surface area contributed by atoms with Crippen LogP contribution in [0.1, 0.15) is 58.8 Å². The van der Waals surface area contributed by atoms with Crippen molar-refractivity contribution in [1.29, 1.82) is 0 Å². The van der Waals surface area contributed by atoms with Crippen molar-refractivity contribution >= 4 is 44.9 Å². The molecule has 0 radical (unpaired) electrons. The number of aromatic nitrogens is 1. The molecule has 1 aromatic carbocycles. The SMILES string of the molecule is C[C@]12CCC(=O)C=C1CC[C@H]1[C@@H]3CC[C@](O)(C(=O)CSc4nc5ccccc5s4)[C@@]3(C)C[C@H](O)[C@@]12F. The Morgan fingerprint density at radius 3 is 2.75 bits per heavy atom. The summed E-state index contributed by atoms with van der Waals surface area (Å²) in [6.07, 6.45) is 3.01. The number of thiazole rings is 1. The molecule has 0 spiro atoms. The van der Waals surface area contributed by atoms with Crippen molar-refractivity contribution in [3.05, 3.63) is 35.9 Å². The molecular weight excluding hydrogens is 497 g/mol. The number of benzene rings is 1. The molecule has 36 heavy (non-hydrogen) atoms. The molecule has 1 heterocycles. The fourth-order valence-electron chi connectivity index (χ4n) is 8.19. The van der Waals surface area contributed by atoms with E-state index in [2.05, 4.69) is 4.98 Å². The molecule has 1 aromatic heterocycles. The number of hydrogen-bond donors (Lipinski definition) is 2. The molecule has 7 atom stereocenters. The van der Waals surface area contributed by atoms with E-state index in [0.717, 1.165) is 20.1 Å². The highest BCUT2D eigenvalue weighted by atomic mass is 32.2. The molecule has 4 aliphatic rings. The molecule has 8 heteroatoms. The number of aliphatic hydroxyl groups is 2. The average Bonchev–Trinajstić information content (AvgIpc) is 3.38. The maximum Gasteiger partial charge on any atom is 0.175 e. The Morgan fingerprint density at radius 1 is 1.19 bits per heavy atom. The second kappa shape index (κ2) is 8.19. The van der Waals surface area contributed by atoms with E-state index in [1.165, 1.54) is 23.1 Å². The van der Waals surface area contributed by atoms with Crippen LogP contribution in [-0.4, -0.2) is 49.9 Å². The number of carbonyl (C=O) groups is 2. The highest BCUT2D eigenvalue weighted by Gasteiger charge is 2.74. The van der Waals surface area contributed by atoms with E-state index in [1.54, 1.807) is 6.08 Å². The lowest BCUT2D eigenvalue weighted by Crippen LogP contribution is -2.69. The number of aliphatic hydroxyl groups excluding tert-OH is 1. The van der Waals surface area contributed by atoms with E-state index in [-0.39, 0.29) is 36.1 Å². The number of fused-ring (bicyclic) bond motifs is 6. The van der Waals surface area contributed by atoms with Crippen LogP contribution in [0.2, 0.25) is 0 Å². The molecule has 192 valence electrons. The lowest BCUT2D eigenvalue weighted by atomic mass is 9.44. The maximum absolute atomic E-state index is 17.2. The zero-order valence-corrected chi connectivity index (χ0v) is 22.3. The van der Waals surface area contributed by atoms with E-state index in [9.17, 15) is 19.8 Å². The van der Waals surface area contributed by atoms with Crippen molar-refractivity contribution in [2.24, 2.45) is 22.7 Å². The molecule has 0 unspecified atom stereocenters.